The third kappa shape index (κ3) is 6.26. The highest BCUT2D eigenvalue weighted by Gasteiger charge is 2.20. The molecule has 0 saturated heterocycles. The number of amides is 1. The Kier molecular flexibility index (Phi) is 8.01. The first-order valence-electron chi connectivity index (χ1n) is 9.52. The number of carbonyl (C=O) groups excluding carboxylic acids is 1. The van der Waals surface area contributed by atoms with Crippen molar-refractivity contribution in [3.63, 3.8) is 0 Å². The predicted molar refractivity (Wildman–Crippen MR) is 126 cm³/mol. The van der Waals surface area contributed by atoms with Crippen molar-refractivity contribution in [1.82, 2.24) is 14.8 Å². The minimum atomic E-state index is -0.372. The van der Waals surface area contributed by atoms with Gasteiger partial charge in [-0.05, 0) is 49.7 Å². The molecule has 0 aliphatic rings. The SMILES string of the molecule is C=CCn1c(SCC(=O)Nc2cc(Cl)ccc2C)nnc1C(C)Oc1cccc(Cl)c1. The summed E-state index contributed by atoms with van der Waals surface area (Å²) in [6.45, 7) is 8.09. The number of thioether (sulfide) groups is 1. The minimum Gasteiger partial charge on any atom is -0.483 e. The molecule has 1 unspecified atom stereocenters. The van der Waals surface area contributed by atoms with E-state index >= 15 is 0 Å². The van der Waals surface area contributed by atoms with E-state index in [1.807, 2.05) is 36.6 Å². The number of nitrogens with one attached hydrogen (secondary N) is 1. The molecule has 1 aromatic heterocycles. The zero-order valence-electron chi connectivity index (χ0n) is 17.1. The highest BCUT2D eigenvalue weighted by Crippen LogP contribution is 2.27. The normalized spacial score (nSPS) is 11.7. The molecule has 1 heterocycles. The van der Waals surface area contributed by atoms with Crippen molar-refractivity contribution in [2.45, 2.75) is 31.7 Å². The van der Waals surface area contributed by atoms with Crippen LogP contribution in [0.1, 0.15) is 24.4 Å². The lowest BCUT2D eigenvalue weighted by Gasteiger charge is -2.16. The molecule has 3 rings (SSSR count). The lowest BCUT2D eigenvalue weighted by molar-refractivity contribution is -0.113. The Balaban J connectivity index is 1.68. The number of rotatable bonds is 9. The molecule has 6 nitrogen and oxygen atoms in total. The van der Waals surface area contributed by atoms with E-state index in [1.54, 1.807) is 30.3 Å². The van der Waals surface area contributed by atoms with E-state index in [0.717, 1.165) is 5.56 Å². The fourth-order valence-corrected chi connectivity index (χ4v) is 3.96. The number of carbonyl (C=O) groups is 1. The molecule has 0 aliphatic heterocycles. The number of allylic oxidation sites excluding steroid dienone is 1. The molecule has 0 radical (unpaired) electrons. The second kappa shape index (κ2) is 10.7. The standard InChI is InChI=1S/C22H22Cl2N4O2S/c1-4-10-28-21(15(3)30-18-7-5-6-16(23)11-18)26-27-22(28)31-13-20(29)25-19-12-17(24)9-8-14(19)2/h4-9,11-12,15H,1,10,13H2,2-3H3,(H,25,29). The Hall–Kier alpha value is -2.48. The van der Waals surface area contributed by atoms with Gasteiger partial charge in [-0.3, -0.25) is 9.36 Å². The number of hydrogen-bond donors (Lipinski definition) is 1. The van der Waals surface area contributed by atoms with E-state index in [1.165, 1.54) is 11.8 Å². The van der Waals surface area contributed by atoms with Gasteiger partial charge in [-0.25, -0.2) is 0 Å². The maximum Gasteiger partial charge on any atom is 0.234 e. The summed E-state index contributed by atoms with van der Waals surface area (Å²) in [6.07, 6.45) is 1.38. The van der Waals surface area contributed by atoms with Crippen LogP contribution in [0, 0.1) is 6.92 Å². The van der Waals surface area contributed by atoms with Crippen LogP contribution in [0.4, 0.5) is 5.69 Å². The topological polar surface area (TPSA) is 69.0 Å². The molecule has 2 aromatic carbocycles. The average Bonchev–Trinajstić information content (AvgIpc) is 3.12. The fourth-order valence-electron chi connectivity index (χ4n) is 2.85. The first-order valence-corrected chi connectivity index (χ1v) is 11.3. The van der Waals surface area contributed by atoms with Gasteiger partial charge in [0.15, 0.2) is 17.1 Å². The maximum atomic E-state index is 12.4. The molecular formula is C22H22Cl2N4O2S. The molecule has 31 heavy (non-hydrogen) atoms. The molecule has 0 fully saturated rings. The third-order valence-corrected chi connectivity index (χ3v) is 5.77. The highest BCUT2D eigenvalue weighted by atomic mass is 35.5. The second-order valence-electron chi connectivity index (χ2n) is 6.75. The summed E-state index contributed by atoms with van der Waals surface area (Å²) in [6, 6.07) is 12.5. The number of nitrogens with zero attached hydrogens (tertiary/aromatic N) is 3. The van der Waals surface area contributed by atoms with Gasteiger partial charge in [0.2, 0.25) is 5.91 Å². The van der Waals surface area contributed by atoms with Crippen molar-refractivity contribution in [1.29, 1.82) is 0 Å². The molecule has 162 valence electrons. The summed E-state index contributed by atoms with van der Waals surface area (Å²) in [5.74, 6) is 1.28. The summed E-state index contributed by atoms with van der Waals surface area (Å²) in [4.78, 5) is 12.4. The zero-order chi connectivity index (χ0) is 22.4. The molecule has 1 atom stereocenters. The van der Waals surface area contributed by atoms with Crippen LogP contribution in [0.3, 0.4) is 0 Å². The van der Waals surface area contributed by atoms with Gasteiger partial charge >= 0.3 is 0 Å². The van der Waals surface area contributed by atoms with E-state index in [4.69, 9.17) is 27.9 Å². The summed E-state index contributed by atoms with van der Waals surface area (Å²) in [5.41, 5.74) is 1.63. The zero-order valence-corrected chi connectivity index (χ0v) is 19.5. The largest absolute Gasteiger partial charge is 0.483 e. The monoisotopic (exact) mass is 476 g/mol. The van der Waals surface area contributed by atoms with Gasteiger partial charge in [-0.2, -0.15) is 0 Å². The van der Waals surface area contributed by atoms with Gasteiger partial charge in [0.05, 0.1) is 5.75 Å². The summed E-state index contributed by atoms with van der Waals surface area (Å²) in [5, 5.41) is 13.2. The number of ether oxygens (including phenoxy) is 1. The predicted octanol–water partition coefficient (Wildman–Crippen LogP) is 5.95. The smallest absolute Gasteiger partial charge is 0.234 e. The van der Waals surface area contributed by atoms with Crippen molar-refractivity contribution in [3.05, 3.63) is 76.6 Å². The Morgan fingerprint density at radius 3 is 2.77 bits per heavy atom. The lowest BCUT2D eigenvalue weighted by Crippen LogP contribution is -2.16. The van der Waals surface area contributed by atoms with Crippen molar-refractivity contribution in [2.24, 2.45) is 0 Å². The minimum absolute atomic E-state index is 0.159. The number of benzene rings is 2. The third-order valence-electron chi connectivity index (χ3n) is 4.34. The molecule has 1 N–H and O–H groups in total. The van der Waals surface area contributed by atoms with Crippen LogP contribution < -0.4 is 10.1 Å². The van der Waals surface area contributed by atoms with Gasteiger partial charge in [0, 0.05) is 22.3 Å². The lowest BCUT2D eigenvalue weighted by atomic mass is 10.2. The summed E-state index contributed by atoms with van der Waals surface area (Å²) >= 11 is 13.3. The Morgan fingerprint density at radius 2 is 2.03 bits per heavy atom. The van der Waals surface area contributed by atoms with Crippen LogP contribution in [0.15, 0.2) is 60.3 Å². The number of aryl methyl sites for hydroxylation is 1. The fraction of sp³-hybridized carbons (Fsp3) is 0.227. The van der Waals surface area contributed by atoms with Crippen LogP contribution in [-0.4, -0.2) is 26.4 Å². The Morgan fingerprint density at radius 1 is 1.26 bits per heavy atom. The number of hydrogen-bond acceptors (Lipinski definition) is 5. The number of aromatic nitrogens is 3. The van der Waals surface area contributed by atoms with E-state index in [2.05, 4.69) is 22.1 Å². The molecule has 0 saturated carbocycles. The van der Waals surface area contributed by atoms with Crippen LogP contribution in [0.2, 0.25) is 10.0 Å². The molecule has 9 heteroatoms. The van der Waals surface area contributed by atoms with Crippen molar-refractivity contribution in [3.8, 4) is 5.75 Å². The van der Waals surface area contributed by atoms with Gasteiger partial charge in [0.25, 0.3) is 0 Å². The molecular weight excluding hydrogens is 455 g/mol. The van der Waals surface area contributed by atoms with E-state index < -0.39 is 0 Å². The highest BCUT2D eigenvalue weighted by molar-refractivity contribution is 7.99. The average molecular weight is 477 g/mol. The first kappa shape index (κ1) is 23.2. The van der Waals surface area contributed by atoms with Crippen LogP contribution >= 0.6 is 35.0 Å². The second-order valence-corrected chi connectivity index (χ2v) is 8.57. The van der Waals surface area contributed by atoms with Crippen molar-refractivity contribution >= 4 is 46.6 Å². The van der Waals surface area contributed by atoms with Crippen LogP contribution in [-0.2, 0) is 11.3 Å². The quantitative estimate of drug-likeness (QED) is 0.305. The first-order chi connectivity index (χ1) is 14.9. The van der Waals surface area contributed by atoms with E-state index in [0.29, 0.717) is 39.0 Å². The van der Waals surface area contributed by atoms with Gasteiger partial charge in [-0.15, -0.1) is 16.8 Å². The number of anilines is 1. The summed E-state index contributed by atoms with van der Waals surface area (Å²) < 4.78 is 7.85. The van der Waals surface area contributed by atoms with Gasteiger partial charge in [-0.1, -0.05) is 53.2 Å². The van der Waals surface area contributed by atoms with Crippen molar-refractivity contribution < 1.29 is 9.53 Å². The molecule has 0 spiro atoms. The van der Waals surface area contributed by atoms with Crippen molar-refractivity contribution in [2.75, 3.05) is 11.1 Å². The van der Waals surface area contributed by atoms with Gasteiger partial charge < -0.3 is 10.1 Å². The molecule has 1 amide bonds. The molecule has 3 aromatic rings. The summed E-state index contributed by atoms with van der Waals surface area (Å²) in [7, 11) is 0. The molecule has 0 bridgehead atoms. The van der Waals surface area contributed by atoms with Crippen LogP contribution in [0.25, 0.3) is 0 Å². The Bertz CT molecular complexity index is 1090. The van der Waals surface area contributed by atoms with E-state index in [9.17, 15) is 4.79 Å². The number of halogens is 2. The molecule has 0 aliphatic carbocycles. The van der Waals surface area contributed by atoms with E-state index in [-0.39, 0.29) is 17.8 Å². The van der Waals surface area contributed by atoms with Crippen LogP contribution in [0.5, 0.6) is 5.75 Å². The maximum absolute atomic E-state index is 12.4. The van der Waals surface area contributed by atoms with Gasteiger partial charge in [0.1, 0.15) is 5.75 Å². The Labute approximate surface area is 195 Å².